The highest BCUT2D eigenvalue weighted by molar-refractivity contribution is 5.31. The minimum atomic E-state index is 0.316. The smallest absolute Gasteiger partial charge is 0.147 e. The molecule has 1 unspecified atom stereocenters. The zero-order valence-electron chi connectivity index (χ0n) is 13.6. The zero-order chi connectivity index (χ0) is 15.9. The molecule has 1 aliphatic carbocycles. The first kappa shape index (κ1) is 16.4. The van der Waals surface area contributed by atoms with Crippen molar-refractivity contribution < 1.29 is 14.2 Å². The van der Waals surface area contributed by atoms with E-state index in [1.165, 1.54) is 24.8 Å². The Balaban J connectivity index is 1.28. The van der Waals surface area contributed by atoms with Crippen LogP contribution in [0.3, 0.4) is 0 Å². The summed E-state index contributed by atoms with van der Waals surface area (Å²) >= 11 is 0. The number of epoxide rings is 1. The third-order valence-electron chi connectivity index (χ3n) is 4.81. The maximum absolute atomic E-state index is 8.82. The van der Waals surface area contributed by atoms with Crippen LogP contribution in [0, 0.1) is 17.2 Å². The van der Waals surface area contributed by atoms with Gasteiger partial charge in [0.1, 0.15) is 12.9 Å². The fourth-order valence-corrected chi connectivity index (χ4v) is 3.19. The molecule has 4 nitrogen and oxygen atoms in total. The van der Waals surface area contributed by atoms with Gasteiger partial charge < -0.3 is 14.2 Å². The largest absolute Gasteiger partial charge is 0.371 e. The SMILES string of the molecule is N#Cc1ccc(CCC2CCC(OCOCC3CO3)CC2)cc1. The molecule has 23 heavy (non-hydrogen) atoms. The molecule has 1 saturated carbocycles. The summed E-state index contributed by atoms with van der Waals surface area (Å²) in [4.78, 5) is 0. The van der Waals surface area contributed by atoms with E-state index in [1.807, 2.05) is 12.1 Å². The Labute approximate surface area is 138 Å². The van der Waals surface area contributed by atoms with Gasteiger partial charge in [0.2, 0.25) is 0 Å². The van der Waals surface area contributed by atoms with Crippen molar-refractivity contribution in [3.05, 3.63) is 35.4 Å². The van der Waals surface area contributed by atoms with Gasteiger partial charge in [-0.1, -0.05) is 12.1 Å². The van der Waals surface area contributed by atoms with Crippen LogP contribution in [-0.2, 0) is 20.6 Å². The summed E-state index contributed by atoms with van der Waals surface area (Å²) in [5.74, 6) is 0.797. The molecule has 1 saturated heterocycles. The number of benzene rings is 1. The van der Waals surface area contributed by atoms with E-state index in [-0.39, 0.29) is 0 Å². The van der Waals surface area contributed by atoms with E-state index in [1.54, 1.807) is 0 Å². The Kier molecular flexibility index (Phi) is 6.04. The first-order valence-electron chi connectivity index (χ1n) is 8.63. The molecule has 0 aromatic heterocycles. The van der Waals surface area contributed by atoms with Gasteiger partial charge in [-0.2, -0.15) is 5.26 Å². The lowest BCUT2D eigenvalue weighted by Gasteiger charge is -2.28. The lowest BCUT2D eigenvalue weighted by Crippen LogP contribution is -2.23. The van der Waals surface area contributed by atoms with Crippen LogP contribution in [0.25, 0.3) is 0 Å². The van der Waals surface area contributed by atoms with Crippen molar-refractivity contribution in [1.82, 2.24) is 0 Å². The average molecular weight is 315 g/mol. The van der Waals surface area contributed by atoms with Gasteiger partial charge in [-0.05, 0) is 62.1 Å². The molecule has 1 atom stereocenters. The number of aryl methyl sites for hydroxylation is 1. The molecule has 1 aromatic rings. The highest BCUT2D eigenvalue weighted by atomic mass is 16.7. The number of nitriles is 1. The monoisotopic (exact) mass is 315 g/mol. The van der Waals surface area contributed by atoms with Gasteiger partial charge in [0.05, 0.1) is 31.0 Å². The van der Waals surface area contributed by atoms with Gasteiger partial charge in [0.15, 0.2) is 0 Å². The van der Waals surface area contributed by atoms with Crippen LogP contribution in [0.4, 0.5) is 0 Å². The maximum atomic E-state index is 8.82. The van der Waals surface area contributed by atoms with E-state index in [0.717, 1.165) is 37.4 Å². The van der Waals surface area contributed by atoms with E-state index in [9.17, 15) is 0 Å². The number of ether oxygens (including phenoxy) is 3. The van der Waals surface area contributed by atoms with Crippen molar-refractivity contribution >= 4 is 0 Å². The topological polar surface area (TPSA) is 54.8 Å². The van der Waals surface area contributed by atoms with Crippen molar-refractivity contribution in [1.29, 1.82) is 5.26 Å². The standard InChI is InChI=1S/C19H25NO3/c20-11-17-5-3-15(4-6-17)1-2-16-7-9-18(10-8-16)23-14-21-12-19-13-22-19/h3-6,16,18-19H,1-2,7-10,12-14H2. The van der Waals surface area contributed by atoms with Crippen LogP contribution in [0.15, 0.2) is 24.3 Å². The fraction of sp³-hybridized carbons (Fsp3) is 0.632. The normalized spacial score (nSPS) is 26.7. The van der Waals surface area contributed by atoms with Gasteiger partial charge in [-0.25, -0.2) is 0 Å². The van der Waals surface area contributed by atoms with Crippen LogP contribution < -0.4 is 0 Å². The molecule has 1 heterocycles. The molecule has 1 aromatic carbocycles. The number of rotatable bonds is 8. The molecular formula is C19H25NO3. The van der Waals surface area contributed by atoms with Crippen molar-refractivity contribution in [3.63, 3.8) is 0 Å². The number of nitrogens with zero attached hydrogens (tertiary/aromatic N) is 1. The first-order chi connectivity index (χ1) is 11.3. The van der Waals surface area contributed by atoms with Gasteiger partial charge in [-0.3, -0.25) is 0 Å². The van der Waals surface area contributed by atoms with Crippen molar-refractivity contribution in [2.45, 2.75) is 50.7 Å². The van der Waals surface area contributed by atoms with Crippen LogP contribution in [0.1, 0.15) is 43.2 Å². The Morgan fingerprint density at radius 2 is 1.87 bits per heavy atom. The molecule has 4 heteroatoms. The molecule has 3 rings (SSSR count). The van der Waals surface area contributed by atoms with E-state index in [2.05, 4.69) is 18.2 Å². The predicted molar refractivity (Wildman–Crippen MR) is 86.9 cm³/mol. The highest BCUT2D eigenvalue weighted by Crippen LogP contribution is 2.29. The summed E-state index contributed by atoms with van der Waals surface area (Å²) in [5.41, 5.74) is 2.07. The van der Waals surface area contributed by atoms with Gasteiger partial charge >= 0.3 is 0 Å². The molecule has 124 valence electrons. The van der Waals surface area contributed by atoms with Crippen molar-refractivity contribution in [2.24, 2.45) is 5.92 Å². The summed E-state index contributed by atoms with van der Waals surface area (Å²) < 4.78 is 16.3. The van der Waals surface area contributed by atoms with E-state index < -0.39 is 0 Å². The Hall–Kier alpha value is -1.41. The first-order valence-corrected chi connectivity index (χ1v) is 8.63. The van der Waals surface area contributed by atoms with Crippen LogP contribution in [-0.4, -0.2) is 32.2 Å². The number of hydrogen-bond acceptors (Lipinski definition) is 4. The summed E-state index contributed by atoms with van der Waals surface area (Å²) in [6.07, 6.45) is 7.78. The Bertz CT molecular complexity index is 510. The molecule has 0 spiro atoms. The summed E-state index contributed by atoms with van der Waals surface area (Å²) in [6, 6.07) is 10.1. The Morgan fingerprint density at radius 1 is 1.13 bits per heavy atom. The van der Waals surface area contributed by atoms with E-state index in [0.29, 0.717) is 25.6 Å². The van der Waals surface area contributed by atoms with Crippen LogP contribution >= 0.6 is 0 Å². The average Bonchev–Trinajstić information content (AvgIpc) is 3.43. The minimum Gasteiger partial charge on any atom is -0.371 e. The van der Waals surface area contributed by atoms with Crippen LogP contribution in [0.5, 0.6) is 0 Å². The predicted octanol–water partition coefficient (Wildman–Crippen LogP) is 3.44. The molecular weight excluding hydrogens is 290 g/mol. The Morgan fingerprint density at radius 3 is 2.52 bits per heavy atom. The van der Waals surface area contributed by atoms with Gasteiger partial charge in [0.25, 0.3) is 0 Å². The van der Waals surface area contributed by atoms with Crippen LogP contribution in [0.2, 0.25) is 0 Å². The highest BCUT2D eigenvalue weighted by Gasteiger charge is 2.24. The molecule has 0 bridgehead atoms. The fourth-order valence-electron chi connectivity index (χ4n) is 3.19. The summed E-state index contributed by atoms with van der Waals surface area (Å²) in [7, 11) is 0. The summed E-state index contributed by atoms with van der Waals surface area (Å²) in [5, 5.41) is 8.82. The van der Waals surface area contributed by atoms with Gasteiger partial charge in [0, 0.05) is 0 Å². The second kappa shape index (κ2) is 8.44. The lowest BCUT2D eigenvalue weighted by atomic mass is 9.84. The van der Waals surface area contributed by atoms with E-state index in [4.69, 9.17) is 19.5 Å². The summed E-state index contributed by atoms with van der Waals surface area (Å²) in [6.45, 7) is 1.91. The van der Waals surface area contributed by atoms with Crippen molar-refractivity contribution in [2.75, 3.05) is 20.0 Å². The quantitative estimate of drug-likeness (QED) is 0.419. The maximum Gasteiger partial charge on any atom is 0.147 e. The minimum absolute atomic E-state index is 0.316. The van der Waals surface area contributed by atoms with Crippen molar-refractivity contribution in [3.8, 4) is 6.07 Å². The molecule has 2 fully saturated rings. The second-order valence-corrected chi connectivity index (χ2v) is 6.60. The molecule has 1 aliphatic heterocycles. The lowest BCUT2D eigenvalue weighted by molar-refractivity contribution is -0.104. The molecule has 2 aliphatic rings. The molecule has 0 amide bonds. The third kappa shape index (κ3) is 5.62. The molecule has 0 N–H and O–H groups in total. The van der Waals surface area contributed by atoms with Gasteiger partial charge in [-0.15, -0.1) is 0 Å². The molecule has 0 radical (unpaired) electrons. The van der Waals surface area contributed by atoms with E-state index >= 15 is 0 Å². The third-order valence-corrected chi connectivity index (χ3v) is 4.81. The number of hydrogen-bond donors (Lipinski definition) is 0. The second-order valence-electron chi connectivity index (χ2n) is 6.60. The zero-order valence-corrected chi connectivity index (χ0v) is 13.6.